The Hall–Kier alpha value is -0.380. The van der Waals surface area contributed by atoms with Crippen molar-refractivity contribution in [1.29, 1.82) is 0 Å². The minimum atomic E-state index is -0.265. The third-order valence-electron chi connectivity index (χ3n) is 4.49. The van der Waals surface area contributed by atoms with E-state index in [2.05, 4.69) is 30.7 Å². The molecule has 0 saturated heterocycles. The summed E-state index contributed by atoms with van der Waals surface area (Å²) >= 11 is 1.74. The first-order chi connectivity index (χ1) is 8.00. The summed E-state index contributed by atoms with van der Waals surface area (Å²) in [4.78, 5) is 0. The Bertz CT molecular complexity index is 360. The SMILES string of the molecule is CC1(C)CCC(CN)(CCc2ccsc2)C1O. The smallest absolute Gasteiger partial charge is 0.0659 e. The molecule has 1 aromatic heterocycles. The molecule has 1 saturated carbocycles. The minimum Gasteiger partial charge on any atom is -0.392 e. The van der Waals surface area contributed by atoms with Gasteiger partial charge in [0.2, 0.25) is 0 Å². The number of rotatable bonds is 4. The van der Waals surface area contributed by atoms with Crippen molar-refractivity contribution < 1.29 is 5.11 Å². The highest BCUT2D eigenvalue weighted by atomic mass is 32.1. The summed E-state index contributed by atoms with van der Waals surface area (Å²) < 4.78 is 0. The van der Waals surface area contributed by atoms with Crippen LogP contribution in [0.1, 0.15) is 38.7 Å². The van der Waals surface area contributed by atoms with Crippen LogP contribution < -0.4 is 5.73 Å². The maximum Gasteiger partial charge on any atom is 0.0659 e. The first kappa shape index (κ1) is 13.1. The van der Waals surface area contributed by atoms with Crippen molar-refractivity contribution in [3.05, 3.63) is 22.4 Å². The fourth-order valence-electron chi connectivity index (χ4n) is 3.08. The van der Waals surface area contributed by atoms with E-state index < -0.39 is 0 Å². The molecule has 3 N–H and O–H groups in total. The fourth-order valence-corrected chi connectivity index (χ4v) is 3.78. The Morgan fingerprint density at radius 1 is 1.47 bits per heavy atom. The molecule has 1 fully saturated rings. The third kappa shape index (κ3) is 2.42. The Labute approximate surface area is 108 Å². The summed E-state index contributed by atoms with van der Waals surface area (Å²) in [7, 11) is 0. The van der Waals surface area contributed by atoms with E-state index >= 15 is 0 Å². The Balaban J connectivity index is 2.06. The number of nitrogens with two attached hydrogens (primary N) is 1. The number of hydrogen-bond donors (Lipinski definition) is 2. The second-order valence-corrected chi connectivity index (χ2v) is 6.87. The Kier molecular flexibility index (Phi) is 3.62. The predicted octanol–water partition coefficient (Wildman–Crippen LogP) is 2.81. The lowest BCUT2D eigenvalue weighted by Gasteiger charge is -2.36. The van der Waals surface area contributed by atoms with E-state index in [1.807, 2.05) is 0 Å². The van der Waals surface area contributed by atoms with Crippen molar-refractivity contribution >= 4 is 11.3 Å². The number of thiophene rings is 1. The summed E-state index contributed by atoms with van der Waals surface area (Å²) in [6.45, 7) is 4.90. The van der Waals surface area contributed by atoms with Crippen LogP contribution in [-0.4, -0.2) is 17.8 Å². The zero-order valence-corrected chi connectivity index (χ0v) is 11.6. The summed E-state index contributed by atoms with van der Waals surface area (Å²) in [6.07, 6.45) is 3.91. The second kappa shape index (κ2) is 4.71. The maximum atomic E-state index is 10.5. The highest BCUT2D eigenvalue weighted by molar-refractivity contribution is 7.07. The van der Waals surface area contributed by atoms with Gasteiger partial charge in [0.05, 0.1) is 6.10 Å². The van der Waals surface area contributed by atoms with Gasteiger partial charge in [-0.25, -0.2) is 0 Å². The number of aliphatic hydroxyl groups is 1. The molecule has 0 bridgehead atoms. The number of hydrogen-bond acceptors (Lipinski definition) is 3. The molecule has 2 unspecified atom stereocenters. The molecule has 3 heteroatoms. The van der Waals surface area contributed by atoms with Crippen molar-refractivity contribution in [2.45, 2.75) is 45.6 Å². The Morgan fingerprint density at radius 3 is 2.71 bits per heavy atom. The molecule has 1 aliphatic rings. The van der Waals surface area contributed by atoms with Crippen LogP contribution in [0.2, 0.25) is 0 Å². The summed E-state index contributed by atoms with van der Waals surface area (Å²) in [5.74, 6) is 0. The summed E-state index contributed by atoms with van der Waals surface area (Å²) in [5, 5.41) is 14.8. The highest BCUT2D eigenvalue weighted by Crippen LogP contribution is 2.51. The second-order valence-electron chi connectivity index (χ2n) is 6.09. The molecule has 0 spiro atoms. The van der Waals surface area contributed by atoms with Crippen molar-refractivity contribution in [3.63, 3.8) is 0 Å². The van der Waals surface area contributed by atoms with Crippen LogP contribution in [0.15, 0.2) is 16.8 Å². The number of aliphatic hydroxyl groups excluding tert-OH is 1. The summed E-state index contributed by atoms with van der Waals surface area (Å²) in [5.41, 5.74) is 7.29. The van der Waals surface area contributed by atoms with E-state index in [9.17, 15) is 5.11 Å². The zero-order valence-electron chi connectivity index (χ0n) is 10.8. The Morgan fingerprint density at radius 2 is 2.24 bits per heavy atom. The predicted molar refractivity (Wildman–Crippen MR) is 73.1 cm³/mol. The van der Waals surface area contributed by atoms with Gasteiger partial charge in [0.15, 0.2) is 0 Å². The van der Waals surface area contributed by atoms with Gasteiger partial charge in [0.25, 0.3) is 0 Å². The molecular formula is C14H23NOS. The summed E-state index contributed by atoms with van der Waals surface area (Å²) in [6, 6.07) is 2.17. The van der Waals surface area contributed by atoms with Crippen LogP contribution in [0.3, 0.4) is 0 Å². The van der Waals surface area contributed by atoms with Crippen LogP contribution in [-0.2, 0) is 6.42 Å². The van der Waals surface area contributed by atoms with Gasteiger partial charge in [-0.3, -0.25) is 0 Å². The first-order valence-electron chi connectivity index (χ1n) is 6.39. The van der Waals surface area contributed by atoms with Crippen molar-refractivity contribution in [2.75, 3.05) is 6.54 Å². The molecule has 0 radical (unpaired) electrons. The lowest BCUT2D eigenvalue weighted by Crippen LogP contribution is -2.43. The molecule has 1 heterocycles. The molecule has 1 aromatic rings. The highest BCUT2D eigenvalue weighted by Gasteiger charge is 2.50. The lowest BCUT2D eigenvalue weighted by molar-refractivity contribution is -0.00889. The maximum absolute atomic E-state index is 10.5. The van der Waals surface area contributed by atoms with Crippen molar-refractivity contribution in [3.8, 4) is 0 Å². The molecule has 1 aliphatic carbocycles. The topological polar surface area (TPSA) is 46.2 Å². The molecule has 17 heavy (non-hydrogen) atoms. The minimum absolute atomic E-state index is 0.0218. The normalized spacial score (nSPS) is 31.9. The van der Waals surface area contributed by atoms with Crippen LogP contribution in [0, 0.1) is 10.8 Å². The largest absolute Gasteiger partial charge is 0.392 e. The van der Waals surface area contributed by atoms with Gasteiger partial charge in [-0.1, -0.05) is 13.8 Å². The lowest BCUT2D eigenvalue weighted by atomic mass is 9.75. The quantitative estimate of drug-likeness (QED) is 0.866. The van der Waals surface area contributed by atoms with E-state index in [0.29, 0.717) is 6.54 Å². The molecule has 2 rings (SSSR count). The van der Waals surface area contributed by atoms with Gasteiger partial charge in [0.1, 0.15) is 0 Å². The van der Waals surface area contributed by atoms with Gasteiger partial charge in [-0.2, -0.15) is 11.3 Å². The van der Waals surface area contributed by atoms with Crippen molar-refractivity contribution in [1.82, 2.24) is 0 Å². The average Bonchev–Trinajstić information content (AvgIpc) is 2.88. The van der Waals surface area contributed by atoms with E-state index in [4.69, 9.17) is 5.73 Å². The number of aryl methyl sites for hydroxylation is 1. The molecule has 2 atom stereocenters. The third-order valence-corrected chi connectivity index (χ3v) is 5.22. The van der Waals surface area contributed by atoms with Gasteiger partial charge in [0, 0.05) is 12.0 Å². The first-order valence-corrected chi connectivity index (χ1v) is 7.34. The van der Waals surface area contributed by atoms with Gasteiger partial charge in [-0.05, 0) is 53.5 Å². The molecule has 0 aliphatic heterocycles. The van der Waals surface area contributed by atoms with E-state index in [1.165, 1.54) is 5.56 Å². The zero-order chi connectivity index (χ0) is 12.5. The van der Waals surface area contributed by atoms with Crippen LogP contribution >= 0.6 is 11.3 Å². The van der Waals surface area contributed by atoms with Gasteiger partial charge < -0.3 is 10.8 Å². The van der Waals surface area contributed by atoms with Crippen LogP contribution in [0.4, 0.5) is 0 Å². The average molecular weight is 253 g/mol. The molecule has 96 valence electrons. The van der Waals surface area contributed by atoms with E-state index in [-0.39, 0.29) is 16.9 Å². The fraction of sp³-hybridized carbons (Fsp3) is 0.714. The molecule has 2 nitrogen and oxygen atoms in total. The van der Waals surface area contributed by atoms with Crippen LogP contribution in [0.5, 0.6) is 0 Å². The molecular weight excluding hydrogens is 230 g/mol. The van der Waals surface area contributed by atoms with Crippen molar-refractivity contribution in [2.24, 2.45) is 16.6 Å². The standard InChI is InChI=1S/C14H23NOS/c1-13(2)6-7-14(10-15,12(13)16)5-3-11-4-8-17-9-11/h4,8-9,12,16H,3,5-7,10,15H2,1-2H3. The van der Waals surface area contributed by atoms with E-state index in [0.717, 1.165) is 25.7 Å². The van der Waals surface area contributed by atoms with E-state index in [1.54, 1.807) is 11.3 Å². The van der Waals surface area contributed by atoms with Gasteiger partial charge >= 0.3 is 0 Å². The monoisotopic (exact) mass is 253 g/mol. The van der Waals surface area contributed by atoms with Gasteiger partial charge in [-0.15, -0.1) is 0 Å². The van der Waals surface area contributed by atoms with Crippen LogP contribution in [0.25, 0.3) is 0 Å². The molecule has 0 aromatic carbocycles. The molecule has 0 amide bonds.